The van der Waals surface area contributed by atoms with Gasteiger partial charge in [0.05, 0.1) is 17.1 Å². The van der Waals surface area contributed by atoms with Crippen LogP contribution in [-0.4, -0.2) is 0 Å². The largest absolute Gasteiger partial charge is 0.454 e. The standard InChI is InChI=1S/C53H36N2O2/c1-53-32-30-41-43(54(35-14-4-2-5-15-35)45-22-12-20-39-37-18-8-10-24-47(37)56-51(39)45)29-27-34-26-28-42(50(53)49(34)41)44(31-33-53)55(36-16-6-3-7-17-36)46-23-13-21-40-38-19-9-11-25-48(38)57-52(40)46/h2-33,50H,1H3. The van der Waals surface area contributed by atoms with Gasteiger partial charge in [-0.2, -0.15) is 0 Å². The fraction of sp³-hybridized carbons (Fsp3) is 0.0566. The van der Waals surface area contributed by atoms with E-state index in [9.17, 15) is 0 Å². The van der Waals surface area contributed by atoms with Crippen LogP contribution >= 0.6 is 0 Å². The Kier molecular flexibility index (Phi) is 6.79. The lowest BCUT2D eigenvalue weighted by atomic mass is 9.60. The molecule has 0 saturated heterocycles. The van der Waals surface area contributed by atoms with Crippen LogP contribution in [0.5, 0.6) is 0 Å². The van der Waals surface area contributed by atoms with Crippen LogP contribution in [0.25, 0.3) is 56.0 Å². The molecule has 0 saturated carbocycles. The van der Waals surface area contributed by atoms with Gasteiger partial charge in [-0.1, -0.05) is 140 Å². The molecule has 0 radical (unpaired) electrons. The van der Waals surface area contributed by atoms with Crippen molar-refractivity contribution in [2.75, 3.05) is 9.80 Å². The van der Waals surface area contributed by atoms with Gasteiger partial charge in [-0.3, -0.25) is 0 Å². The fourth-order valence-electron chi connectivity index (χ4n) is 9.65. The molecule has 12 rings (SSSR count). The quantitative estimate of drug-likeness (QED) is 0.170. The third-order valence-corrected chi connectivity index (χ3v) is 12.2. The third-order valence-electron chi connectivity index (χ3n) is 12.2. The summed E-state index contributed by atoms with van der Waals surface area (Å²) in [6, 6.07) is 55.6. The van der Waals surface area contributed by atoms with Gasteiger partial charge in [0.25, 0.3) is 0 Å². The number of hydrogen-bond donors (Lipinski definition) is 0. The van der Waals surface area contributed by atoms with Crippen LogP contribution in [0.1, 0.15) is 29.5 Å². The molecule has 3 aliphatic carbocycles. The zero-order valence-electron chi connectivity index (χ0n) is 31.3. The molecule has 7 aromatic carbocycles. The highest BCUT2D eigenvalue weighted by Crippen LogP contribution is 2.58. The molecule has 0 fully saturated rings. The van der Waals surface area contributed by atoms with E-state index in [0.717, 1.165) is 78.0 Å². The average Bonchev–Trinajstić information content (AvgIpc) is 3.84. The normalized spacial score (nSPS) is 17.9. The van der Waals surface area contributed by atoms with Gasteiger partial charge in [0, 0.05) is 55.5 Å². The Morgan fingerprint density at radius 1 is 0.456 bits per heavy atom. The van der Waals surface area contributed by atoms with E-state index in [1.165, 1.54) is 22.3 Å². The Bertz CT molecular complexity index is 3220. The number of anilines is 5. The number of benzene rings is 7. The number of nitrogens with zero attached hydrogens (tertiary/aromatic N) is 2. The molecule has 0 spiro atoms. The van der Waals surface area contributed by atoms with Crippen LogP contribution in [0.15, 0.2) is 202 Å². The summed E-state index contributed by atoms with van der Waals surface area (Å²) in [5, 5.41) is 4.45. The molecule has 0 N–H and O–H groups in total. The molecule has 0 aliphatic heterocycles. The first-order valence-electron chi connectivity index (χ1n) is 19.6. The first-order chi connectivity index (χ1) is 28.1. The minimum Gasteiger partial charge on any atom is -0.454 e. The van der Waals surface area contributed by atoms with Gasteiger partial charge >= 0.3 is 0 Å². The van der Waals surface area contributed by atoms with Crippen LogP contribution < -0.4 is 9.80 Å². The van der Waals surface area contributed by atoms with Gasteiger partial charge in [0.2, 0.25) is 0 Å². The van der Waals surface area contributed by atoms with E-state index in [0.29, 0.717) is 0 Å². The maximum atomic E-state index is 6.69. The summed E-state index contributed by atoms with van der Waals surface area (Å²) in [6.45, 7) is 2.37. The monoisotopic (exact) mass is 732 g/mol. The van der Waals surface area contributed by atoms with Crippen molar-refractivity contribution in [2.24, 2.45) is 5.41 Å². The second-order valence-electron chi connectivity index (χ2n) is 15.5. The SMILES string of the molecule is CC12C=CC(N(c3ccccc3)c3cccc4c3oc3ccccc34)=C3C=Cc4ccc(N(c5ccccc5)c5cccc6c5oc5ccccc56)c(c4C31)C=C2. The van der Waals surface area contributed by atoms with E-state index in [2.05, 4.69) is 199 Å². The molecule has 2 atom stereocenters. The predicted molar refractivity (Wildman–Crippen MR) is 236 cm³/mol. The van der Waals surface area contributed by atoms with Crippen LogP contribution in [-0.2, 0) is 0 Å². The summed E-state index contributed by atoms with van der Waals surface area (Å²) in [7, 11) is 0. The van der Waals surface area contributed by atoms with Crippen LogP contribution in [0.3, 0.4) is 0 Å². The summed E-state index contributed by atoms with van der Waals surface area (Å²) in [5.74, 6) is 0.0677. The molecule has 3 aliphatic rings. The zero-order valence-corrected chi connectivity index (χ0v) is 31.3. The van der Waals surface area contributed by atoms with E-state index in [1.807, 2.05) is 12.1 Å². The first kappa shape index (κ1) is 32.0. The Morgan fingerprint density at radius 3 is 1.65 bits per heavy atom. The van der Waals surface area contributed by atoms with E-state index < -0.39 is 0 Å². The molecule has 57 heavy (non-hydrogen) atoms. The molecule has 4 nitrogen and oxygen atoms in total. The van der Waals surface area contributed by atoms with Crippen molar-refractivity contribution >= 4 is 84.5 Å². The number of fused-ring (bicyclic) bond motifs is 6. The molecule has 0 bridgehead atoms. The fourth-order valence-corrected chi connectivity index (χ4v) is 9.65. The molecular weight excluding hydrogens is 697 g/mol. The van der Waals surface area contributed by atoms with Gasteiger partial charge in [0.15, 0.2) is 11.2 Å². The number of allylic oxidation sites excluding steroid dienone is 5. The summed E-state index contributed by atoms with van der Waals surface area (Å²) in [5.41, 5.74) is 14.8. The van der Waals surface area contributed by atoms with Crippen molar-refractivity contribution in [2.45, 2.75) is 12.8 Å². The second kappa shape index (κ2) is 12.1. The Morgan fingerprint density at radius 2 is 1.00 bits per heavy atom. The summed E-state index contributed by atoms with van der Waals surface area (Å²) in [4.78, 5) is 4.78. The lowest BCUT2D eigenvalue weighted by molar-refractivity contribution is 0.461. The average molecular weight is 733 g/mol. The molecular formula is C53H36N2O2. The minimum absolute atomic E-state index is 0.0677. The number of furan rings is 2. The molecule has 9 aromatic rings. The lowest BCUT2D eigenvalue weighted by Crippen LogP contribution is -2.34. The van der Waals surface area contributed by atoms with Gasteiger partial charge < -0.3 is 18.6 Å². The molecule has 0 amide bonds. The van der Waals surface area contributed by atoms with Crippen molar-refractivity contribution < 1.29 is 8.83 Å². The van der Waals surface area contributed by atoms with Gasteiger partial charge in [-0.15, -0.1) is 0 Å². The summed E-state index contributed by atoms with van der Waals surface area (Å²) in [6.07, 6.45) is 14.2. The van der Waals surface area contributed by atoms with Crippen molar-refractivity contribution in [3.63, 3.8) is 0 Å². The first-order valence-corrected chi connectivity index (χ1v) is 19.6. The van der Waals surface area contributed by atoms with E-state index >= 15 is 0 Å². The summed E-state index contributed by atoms with van der Waals surface area (Å²) < 4.78 is 13.4. The Hall–Kier alpha value is -7.30. The zero-order chi connectivity index (χ0) is 37.7. The van der Waals surface area contributed by atoms with Gasteiger partial charge in [-0.05, 0) is 77.4 Å². The van der Waals surface area contributed by atoms with Crippen molar-refractivity contribution in [1.29, 1.82) is 0 Å². The molecule has 270 valence electrons. The second-order valence-corrected chi connectivity index (χ2v) is 15.5. The maximum absolute atomic E-state index is 6.69. The third kappa shape index (κ3) is 4.68. The van der Waals surface area contributed by atoms with Gasteiger partial charge in [-0.25, -0.2) is 0 Å². The predicted octanol–water partition coefficient (Wildman–Crippen LogP) is 14.8. The van der Waals surface area contributed by atoms with Crippen LogP contribution in [0.2, 0.25) is 0 Å². The van der Waals surface area contributed by atoms with Crippen molar-refractivity contribution in [3.05, 3.63) is 210 Å². The minimum atomic E-state index is -0.242. The summed E-state index contributed by atoms with van der Waals surface area (Å²) >= 11 is 0. The molecule has 4 heteroatoms. The molecule has 2 heterocycles. The number of rotatable bonds is 6. The highest BCUT2D eigenvalue weighted by atomic mass is 16.3. The van der Waals surface area contributed by atoms with Crippen LogP contribution in [0, 0.1) is 5.41 Å². The van der Waals surface area contributed by atoms with Crippen LogP contribution in [0.4, 0.5) is 28.4 Å². The molecule has 2 unspecified atom stereocenters. The highest BCUT2D eigenvalue weighted by molar-refractivity contribution is 6.11. The maximum Gasteiger partial charge on any atom is 0.159 e. The van der Waals surface area contributed by atoms with E-state index in [4.69, 9.17) is 8.83 Å². The smallest absolute Gasteiger partial charge is 0.159 e. The highest BCUT2D eigenvalue weighted by Gasteiger charge is 2.44. The Balaban J connectivity index is 1.09. The van der Waals surface area contributed by atoms with E-state index in [-0.39, 0.29) is 11.3 Å². The lowest BCUT2D eigenvalue weighted by Gasteiger charge is -2.46. The van der Waals surface area contributed by atoms with E-state index in [1.54, 1.807) is 0 Å². The Labute approximate surface area is 330 Å². The number of para-hydroxylation sites is 6. The molecule has 2 aromatic heterocycles. The van der Waals surface area contributed by atoms with Crippen molar-refractivity contribution in [3.8, 4) is 0 Å². The van der Waals surface area contributed by atoms with Gasteiger partial charge in [0.1, 0.15) is 11.2 Å². The van der Waals surface area contributed by atoms with Crippen molar-refractivity contribution in [1.82, 2.24) is 0 Å². The topological polar surface area (TPSA) is 32.8 Å². The number of hydrogen-bond acceptors (Lipinski definition) is 4.